The number of hydrogen-bond donors (Lipinski definition) is 1. The maximum absolute atomic E-state index is 13.1. The Balaban J connectivity index is 1.40. The van der Waals surface area contributed by atoms with Crippen molar-refractivity contribution in [3.8, 4) is 0 Å². The molecule has 27 heavy (non-hydrogen) atoms. The van der Waals surface area contributed by atoms with E-state index in [0.717, 1.165) is 30.8 Å². The summed E-state index contributed by atoms with van der Waals surface area (Å²) >= 11 is 1.59. The molecule has 2 heterocycles. The van der Waals surface area contributed by atoms with Gasteiger partial charge in [-0.1, -0.05) is 19.3 Å². The average molecular weight is 391 g/mol. The standard InChI is InChI=1S/C20H30N4O2S/c25-19(24(16-6-7-16)13-17-11-21-14-27-17)10-18-20(26)22-8-9-23(18)12-15-4-2-1-3-5-15/h11,14-16,18H,1-10,12-13H2,(H,22,26). The van der Waals surface area contributed by atoms with Gasteiger partial charge in [0.05, 0.1) is 24.5 Å². The van der Waals surface area contributed by atoms with E-state index in [4.69, 9.17) is 0 Å². The molecule has 7 heteroatoms. The lowest BCUT2D eigenvalue weighted by Gasteiger charge is -2.38. The quantitative estimate of drug-likeness (QED) is 0.776. The highest BCUT2D eigenvalue weighted by Gasteiger charge is 2.38. The molecule has 0 bridgehead atoms. The van der Waals surface area contributed by atoms with E-state index in [-0.39, 0.29) is 17.9 Å². The molecule has 1 atom stereocenters. The molecule has 2 aliphatic carbocycles. The molecule has 1 unspecified atom stereocenters. The van der Waals surface area contributed by atoms with Crippen molar-refractivity contribution in [1.82, 2.24) is 20.1 Å². The molecule has 2 amide bonds. The lowest BCUT2D eigenvalue weighted by Crippen LogP contribution is -2.57. The molecule has 0 aromatic carbocycles. The number of amides is 2. The number of aromatic nitrogens is 1. The smallest absolute Gasteiger partial charge is 0.237 e. The summed E-state index contributed by atoms with van der Waals surface area (Å²) < 4.78 is 0. The molecular weight excluding hydrogens is 360 g/mol. The summed E-state index contributed by atoms with van der Waals surface area (Å²) in [7, 11) is 0. The summed E-state index contributed by atoms with van der Waals surface area (Å²) in [4.78, 5) is 35.2. The van der Waals surface area contributed by atoms with Gasteiger partial charge in [0.1, 0.15) is 0 Å². The minimum atomic E-state index is -0.309. The molecule has 4 rings (SSSR count). The van der Waals surface area contributed by atoms with Crippen molar-refractivity contribution in [2.45, 2.75) is 70.0 Å². The Labute approximate surface area is 165 Å². The second-order valence-corrected chi connectivity index (χ2v) is 9.20. The fraction of sp³-hybridized carbons (Fsp3) is 0.750. The van der Waals surface area contributed by atoms with Crippen LogP contribution in [0, 0.1) is 5.92 Å². The average Bonchev–Trinajstić information content (AvgIpc) is 3.38. The van der Waals surface area contributed by atoms with Gasteiger partial charge in [-0.15, -0.1) is 11.3 Å². The molecule has 1 saturated heterocycles. The number of thiazole rings is 1. The first-order chi connectivity index (χ1) is 13.2. The van der Waals surface area contributed by atoms with E-state index < -0.39 is 0 Å². The number of nitrogens with one attached hydrogen (secondary N) is 1. The van der Waals surface area contributed by atoms with Crippen LogP contribution in [0.5, 0.6) is 0 Å². The molecule has 1 N–H and O–H groups in total. The maximum Gasteiger partial charge on any atom is 0.237 e. The highest BCUT2D eigenvalue weighted by atomic mass is 32.1. The number of nitrogens with zero attached hydrogens (tertiary/aromatic N) is 3. The summed E-state index contributed by atoms with van der Waals surface area (Å²) in [5, 5.41) is 2.97. The van der Waals surface area contributed by atoms with Crippen LogP contribution in [0.1, 0.15) is 56.2 Å². The summed E-state index contributed by atoms with van der Waals surface area (Å²) in [6.45, 7) is 3.15. The monoisotopic (exact) mass is 390 g/mol. The van der Waals surface area contributed by atoms with Crippen LogP contribution in [0.2, 0.25) is 0 Å². The molecule has 3 fully saturated rings. The lowest BCUT2D eigenvalue weighted by atomic mass is 9.88. The lowest BCUT2D eigenvalue weighted by molar-refractivity contribution is -0.140. The zero-order valence-electron chi connectivity index (χ0n) is 15.9. The van der Waals surface area contributed by atoms with Gasteiger partial charge in [0.25, 0.3) is 0 Å². The molecule has 3 aliphatic rings. The molecule has 148 valence electrons. The minimum Gasteiger partial charge on any atom is -0.353 e. The van der Waals surface area contributed by atoms with Crippen molar-refractivity contribution >= 4 is 23.2 Å². The van der Waals surface area contributed by atoms with Gasteiger partial charge >= 0.3 is 0 Å². The summed E-state index contributed by atoms with van der Waals surface area (Å²) in [6.07, 6.45) is 10.8. The normalized spacial score (nSPS) is 24.6. The Bertz CT molecular complexity index is 640. The third kappa shape index (κ3) is 4.88. The summed E-state index contributed by atoms with van der Waals surface area (Å²) in [5.74, 6) is 0.819. The van der Waals surface area contributed by atoms with Crippen molar-refractivity contribution in [1.29, 1.82) is 0 Å². The zero-order chi connectivity index (χ0) is 18.6. The molecular formula is C20H30N4O2S. The van der Waals surface area contributed by atoms with Crippen LogP contribution >= 0.6 is 11.3 Å². The first kappa shape index (κ1) is 18.9. The Morgan fingerprint density at radius 1 is 1.26 bits per heavy atom. The predicted molar refractivity (Wildman–Crippen MR) is 105 cm³/mol. The van der Waals surface area contributed by atoms with Crippen molar-refractivity contribution in [3.05, 3.63) is 16.6 Å². The zero-order valence-corrected chi connectivity index (χ0v) is 16.8. The second kappa shape index (κ2) is 8.69. The van der Waals surface area contributed by atoms with E-state index in [1.165, 1.54) is 32.1 Å². The van der Waals surface area contributed by atoms with Crippen LogP contribution in [0.25, 0.3) is 0 Å². The number of carbonyl (C=O) groups is 2. The van der Waals surface area contributed by atoms with Gasteiger partial charge < -0.3 is 10.2 Å². The first-order valence-corrected chi connectivity index (χ1v) is 11.3. The molecule has 0 radical (unpaired) electrons. The largest absolute Gasteiger partial charge is 0.353 e. The molecule has 0 spiro atoms. The van der Waals surface area contributed by atoms with Crippen LogP contribution < -0.4 is 5.32 Å². The highest BCUT2D eigenvalue weighted by Crippen LogP contribution is 2.31. The first-order valence-electron chi connectivity index (χ1n) is 10.4. The van der Waals surface area contributed by atoms with Crippen LogP contribution in [0.3, 0.4) is 0 Å². The van der Waals surface area contributed by atoms with Crippen molar-refractivity contribution in [2.75, 3.05) is 19.6 Å². The fourth-order valence-corrected chi connectivity index (χ4v) is 5.07. The van der Waals surface area contributed by atoms with Gasteiger partial charge in [0.2, 0.25) is 11.8 Å². The second-order valence-electron chi connectivity index (χ2n) is 8.23. The molecule has 1 aromatic rings. The Kier molecular flexibility index (Phi) is 6.08. The van der Waals surface area contributed by atoms with Gasteiger partial charge in [-0.05, 0) is 31.6 Å². The minimum absolute atomic E-state index is 0.0268. The number of piperazine rings is 1. The summed E-state index contributed by atoms with van der Waals surface area (Å²) in [6, 6.07) is 0.0360. The number of hydrogen-bond acceptors (Lipinski definition) is 5. The van der Waals surface area contributed by atoms with Gasteiger partial charge in [-0.2, -0.15) is 0 Å². The molecule has 2 saturated carbocycles. The topological polar surface area (TPSA) is 65.5 Å². The Morgan fingerprint density at radius 3 is 2.78 bits per heavy atom. The number of carbonyl (C=O) groups excluding carboxylic acids is 2. The van der Waals surface area contributed by atoms with Gasteiger partial charge in [-0.25, -0.2) is 0 Å². The summed E-state index contributed by atoms with van der Waals surface area (Å²) in [5.41, 5.74) is 1.81. The SMILES string of the molecule is O=C1NCCN(CC2CCCCC2)C1CC(=O)N(Cc1cncs1)C1CC1. The van der Waals surface area contributed by atoms with Crippen molar-refractivity contribution < 1.29 is 9.59 Å². The maximum atomic E-state index is 13.1. The molecule has 1 aromatic heterocycles. The predicted octanol–water partition coefficient (Wildman–Crippen LogP) is 2.40. The van der Waals surface area contributed by atoms with Gasteiger partial charge in [-0.3, -0.25) is 19.5 Å². The van der Waals surface area contributed by atoms with E-state index in [2.05, 4.69) is 15.2 Å². The van der Waals surface area contributed by atoms with E-state index in [0.29, 0.717) is 31.5 Å². The van der Waals surface area contributed by atoms with Crippen molar-refractivity contribution in [3.63, 3.8) is 0 Å². The van der Waals surface area contributed by atoms with Crippen LogP contribution in [-0.2, 0) is 16.1 Å². The highest BCUT2D eigenvalue weighted by molar-refractivity contribution is 7.09. The Hall–Kier alpha value is -1.47. The van der Waals surface area contributed by atoms with E-state index >= 15 is 0 Å². The van der Waals surface area contributed by atoms with E-state index in [9.17, 15) is 9.59 Å². The van der Waals surface area contributed by atoms with Gasteiger partial charge in [0.15, 0.2) is 0 Å². The van der Waals surface area contributed by atoms with Crippen LogP contribution in [-0.4, -0.2) is 58.3 Å². The van der Waals surface area contributed by atoms with Crippen molar-refractivity contribution in [2.24, 2.45) is 5.92 Å². The fourth-order valence-electron chi connectivity index (χ4n) is 4.48. The Morgan fingerprint density at radius 2 is 2.07 bits per heavy atom. The van der Waals surface area contributed by atoms with E-state index in [1.807, 2.05) is 16.6 Å². The molecule has 6 nitrogen and oxygen atoms in total. The van der Waals surface area contributed by atoms with Gasteiger partial charge in [0, 0.05) is 36.8 Å². The molecule has 1 aliphatic heterocycles. The third-order valence-corrected chi connectivity index (χ3v) is 6.91. The van der Waals surface area contributed by atoms with Crippen LogP contribution in [0.15, 0.2) is 11.7 Å². The third-order valence-electron chi connectivity index (χ3n) is 6.14. The van der Waals surface area contributed by atoms with E-state index in [1.54, 1.807) is 11.3 Å². The number of rotatable bonds is 7. The van der Waals surface area contributed by atoms with Crippen LogP contribution in [0.4, 0.5) is 0 Å².